The van der Waals surface area contributed by atoms with E-state index >= 15 is 0 Å². The molecular weight excluding hydrogens is 156 g/mol. The van der Waals surface area contributed by atoms with Gasteiger partial charge in [-0.2, -0.15) is 0 Å². The van der Waals surface area contributed by atoms with Gasteiger partial charge in [-0.3, -0.25) is 0 Å². The maximum absolute atomic E-state index is 10.8. The lowest BCUT2D eigenvalue weighted by Crippen LogP contribution is -2.26. The summed E-state index contributed by atoms with van der Waals surface area (Å²) in [6.45, 7) is 1.03. The molecule has 0 atom stereocenters. The lowest BCUT2D eigenvalue weighted by molar-refractivity contribution is 0.138. The smallest absolute Gasteiger partial charge is 0.410 e. The van der Waals surface area contributed by atoms with Crippen molar-refractivity contribution in [2.45, 2.75) is 0 Å². The van der Waals surface area contributed by atoms with E-state index in [0.29, 0.717) is 13.1 Å². The van der Waals surface area contributed by atoms with Crippen LogP contribution in [0.15, 0.2) is 0 Å². The molecule has 0 fully saturated rings. The Balaban J connectivity index is 3.65. The van der Waals surface area contributed by atoms with Crippen LogP contribution < -0.4 is 5.32 Å². The van der Waals surface area contributed by atoms with Gasteiger partial charge in [-0.25, -0.2) is 4.79 Å². The van der Waals surface area contributed by atoms with Crippen LogP contribution in [0.5, 0.6) is 0 Å². The van der Waals surface area contributed by atoms with Crippen molar-refractivity contribution in [3.63, 3.8) is 0 Å². The van der Waals surface area contributed by atoms with Crippen LogP contribution in [0.3, 0.4) is 0 Å². The zero-order chi connectivity index (χ0) is 9.40. The fraction of sp³-hybridized carbons (Fsp3) is 0.625. The molecule has 0 aliphatic carbocycles. The standard InChI is InChI=1S/C8H14N2O2/c1-9-6-4-5-7-10(2)8(11)12-3/h9H,6-7H2,1-3H3. The fourth-order valence-corrected chi connectivity index (χ4v) is 0.546. The molecule has 0 rings (SSSR count). The number of nitrogens with one attached hydrogen (secondary N) is 1. The van der Waals surface area contributed by atoms with Crippen LogP contribution in [-0.4, -0.2) is 45.3 Å². The number of rotatable bonds is 2. The molecule has 0 heterocycles. The van der Waals surface area contributed by atoms with Gasteiger partial charge in [0.2, 0.25) is 0 Å². The predicted octanol–water partition coefficient (Wildman–Crippen LogP) is -0.0926. The van der Waals surface area contributed by atoms with Crippen molar-refractivity contribution < 1.29 is 9.53 Å². The molecule has 0 bridgehead atoms. The molecule has 12 heavy (non-hydrogen) atoms. The van der Waals surface area contributed by atoms with E-state index in [0.717, 1.165) is 0 Å². The van der Waals surface area contributed by atoms with E-state index in [1.165, 1.54) is 12.0 Å². The third-order valence-corrected chi connectivity index (χ3v) is 1.19. The summed E-state index contributed by atoms with van der Waals surface area (Å²) < 4.78 is 4.47. The fourth-order valence-electron chi connectivity index (χ4n) is 0.546. The van der Waals surface area contributed by atoms with Gasteiger partial charge >= 0.3 is 6.09 Å². The van der Waals surface area contributed by atoms with E-state index in [-0.39, 0.29) is 6.09 Å². The van der Waals surface area contributed by atoms with Crippen LogP contribution in [0.25, 0.3) is 0 Å². The van der Waals surface area contributed by atoms with Gasteiger partial charge in [0.25, 0.3) is 0 Å². The van der Waals surface area contributed by atoms with Gasteiger partial charge in [0.15, 0.2) is 0 Å². The molecule has 1 N–H and O–H groups in total. The highest BCUT2D eigenvalue weighted by atomic mass is 16.5. The van der Waals surface area contributed by atoms with Crippen molar-refractivity contribution in [3.8, 4) is 11.8 Å². The van der Waals surface area contributed by atoms with Gasteiger partial charge in [-0.15, -0.1) is 0 Å². The first kappa shape index (κ1) is 10.8. The first-order valence-corrected chi connectivity index (χ1v) is 3.61. The minimum Gasteiger partial charge on any atom is -0.453 e. The largest absolute Gasteiger partial charge is 0.453 e. The number of nitrogens with zero attached hydrogens (tertiary/aromatic N) is 1. The SMILES string of the molecule is CNCC#CCN(C)C(=O)OC. The molecule has 0 aliphatic heterocycles. The van der Waals surface area contributed by atoms with Crippen LogP contribution in [0.4, 0.5) is 4.79 Å². The summed E-state index contributed by atoms with van der Waals surface area (Å²) >= 11 is 0. The minimum atomic E-state index is -0.367. The minimum absolute atomic E-state index is 0.367. The molecule has 4 nitrogen and oxygen atoms in total. The Hall–Kier alpha value is -1.21. The zero-order valence-corrected chi connectivity index (χ0v) is 7.68. The number of methoxy groups -OCH3 is 1. The highest BCUT2D eigenvalue weighted by molar-refractivity contribution is 5.67. The molecule has 4 heteroatoms. The van der Waals surface area contributed by atoms with E-state index in [9.17, 15) is 4.79 Å². The van der Waals surface area contributed by atoms with Crippen LogP contribution in [0.1, 0.15) is 0 Å². The maximum Gasteiger partial charge on any atom is 0.410 e. The second kappa shape index (κ2) is 6.50. The van der Waals surface area contributed by atoms with Gasteiger partial charge in [0, 0.05) is 7.05 Å². The molecule has 0 saturated carbocycles. The van der Waals surface area contributed by atoms with Crippen molar-refractivity contribution in [2.24, 2.45) is 0 Å². The zero-order valence-electron chi connectivity index (χ0n) is 7.68. The summed E-state index contributed by atoms with van der Waals surface area (Å²) in [6, 6.07) is 0. The van der Waals surface area contributed by atoms with E-state index in [1.54, 1.807) is 7.05 Å². The van der Waals surface area contributed by atoms with Crippen LogP contribution >= 0.6 is 0 Å². The quantitative estimate of drug-likeness (QED) is 0.589. The van der Waals surface area contributed by atoms with Gasteiger partial charge < -0.3 is 15.0 Å². The van der Waals surface area contributed by atoms with Gasteiger partial charge in [-0.1, -0.05) is 11.8 Å². The van der Waals surface area contributed by atoms with E-state index < -0.39 is 0 Å². The van der Waals surface area contributed by atoms with Crippen molar-refractivity contribution in [1.82, 2.24) is 10.2 Å². The first-order valence-electron chi connectivity index (χ1n) is 3.61. The molecule has 0 radical (unpaired) electrons. The number of carbonyl (C=O) groups is 1. The third kappa shape index (κ3) is 4.58. The maximum atomic E-state index is 10.8. The summed E-state index contributed by atoms with van der Waals surface area (Å²) in [5.41, 5.74) is 0. The second-order valence-corrected chi connectivity index (χ2v) is 2.21. The number of carbonyl (C=O) groups excluding carboxylic acids is 1. The molecule has 1 amide bonds. The molecule has 68 valence electrons. The Bertz CT molecular complexity index is 193. The second-order valence-electron chi connectivity index (χ2n) is 2.21. The Kier molecular flexibility index (Phi) is 5.84. The number of ether oxygens (including phenoxy) is 1. The topological polar surface area (TPSA) is 41.6 Å². The van der Waals surface area contributed by atoms with Crippen molar-refractivity contribution in [2.75, 3.05) is 34.3 Å². The van der Waals surface area contributed by atoms with Crippen molar-refractivity contribution in [3.05, 3.63) is 0 Å². The monoisotopic (exact) mass is 170 g/mol. The summed E-state index contributed by atoms with van der Waals surface area (Å²) in [5.74, 6) is 5.65. The third-order valence-electron chi connectivity index (χ3n) is 1.19. The molecule has 0 aliphatic rings. The Labute approximate surface area is 72.9 Å². The normalized spacial score (nSPS) is 8.25. The molecule has 0 spiro atoms. The molecule has 0 unspecified atom stereocenters. The van der Waals surface area contributed by atoms with E-state index in [1.807, 2.05) is 7.05 Å². The van der Waals surface area contributed by atoms with Crippen LogP contribution in [-0.2, 0) is 4.74 Å². The number of amides is 1. The lowest BCUT2D eigenvalue weighted by atomic mass is 10.5. The molecule has 0 saturated heterocycles. The number of hydrogen-bond acceptors (Lipinski definition) is 3. The number of hydrogen-bond donors (Lipinski definition) is 1. The average molecular weight is 170 g/mol. The summed E-state index contributed by atoms with van der Waals surface area (Å²) in [5, 5.41) is 2.88. The predicted molar refractivity (Wildman–Crippen MR) is 46.7 cm³/mol. The molecule has 0 aromatic carbocycles. The van der Waals surface area contributed by atoms with Gasteiger partial charge in [-0.05, 0) is 7.05 Å². The summed E-state index contributed by atoms with van der Waals surface area (Å²) in [4.78, 5) is 12.2. The first-order chi connectivity index (χ1) is 5.72. The summed E-state index contributed by atoms with van der Waals surface area (Å²) in [6.07, 6.45) is -0.367. The van der Waals surface area contributed by atoms with Gasteiger partial charge in [0.05, 0.1) is 20.2 Å². The Morgan fingerprint density at radius 2 is 2.25 bits per heavy atom. The van der Waals surface area contributed by atoms with E-state index in [2.05, 4.69) is 21.9 Å². The Morgan fingerprint density at radius 1 is 1.58 bits per heavy atom. The Morgan fingerprint density at radius 3 is 2.75 bits per heavy atom. The highest BCUT2D eigenvalue weighted by Gasteiger charge is 2.03. The summed E-state index contributed by atoms with van der Waals surface area (Å²) in [7, 11) is 4.80. The average Bonchev–Trinajstić information content (AvgIpc) is 2.10. The van der Waals surface area contributed by atoms with Crippen LogP contribution in [0, 0.1) is 11.8 Å². The highest BCUT2D eigenvalue weighted by Crippen LogP contribution is 1.85. The van der Waals surface area contributed by atoms with Crippen LogP contribution in [0.2, 0.25) is 0 Å². The van der Waals surface area contributed by atoms with E-state index in [4.69, 9.17) is 0 Å². The van der Waals surface area contributed by atoms with Crippen molar-refractivity contribution >= 4 is 6.09 Å². The molecule has 0 aromatic heterocycles. The van der Waals surface area contributed by atoms with Crippen molar-refractivity contribution in [1.29, 1.82) is 0 Å². The molecule has 0 aromatic rings. The molecular formula is C8H14N2O2. The van der Waals surface area contributed by atoms with Gasteiger partial charge in [0.1, 0.15) is 0 Å². The lowest BCUT2D eigenvalue weighted by Gasteiger charge is -2.10.